The van der Waals surface area contributed by atoms with E-state index in [1.54, 1.807) is 0 Å². The molecule has 28 heavy (non-hydrogen) atoms. The highest BCUT2D eigenvalue weighted by Crippen LogP contribution is 2.30. The van der Waals surface area contributed by atoms with Gasteiger partial charge in [-0.1, -0.05) is 54.1 Å². The summed E-state index contributed by atoms with van der Waals surface area (Å²) in [6.07, 6.45) is 0.732. The number of hydrogen-bond acceptors (Lipinski definition) is 3. The lowest BCUT2D eigenvalue weighted by Crippen LogP contribution is -2.49. The fourth-order valence-electron chi connectivity index (χ4n) is 3.67. The fraction of sp³-hybridized carbons (Fsp3) is 0.364. The molecule has 3 rings (SSSR count). The van der Waals surface area contributed by atoms with Crippen LogP contribution in [0.25, 0.3) is 0 Å². The number of amides is 1. The van der Waals surface area contributed by atoms with Gasteiger partial charge < -0.3 is 10.0 Å². The van der Waals surface area contributed by atoms with Gasteiger partial charge >= 0.3 is 5.97 Å². The Balaban J connectivity index is 1.67. The molecule has 2 aromatic rings. The Labute approximate surface area is 170 Å². The second-order valence-corrected chi connectivity index (χ2v) is 7.47. The molecule has 0 saturated carbocycles. The van der Waals surface area contributed by atoms with Gasteiger partial charge in [0.25, 0.3) is 0 Å². The number of piperazine rings is 1. The molecule has 5 nitrogen and oxygen atoms in total. The summed E-state index contributed by atoms with van der Waals surface area (Å²) in [5.41, 5.74) is 2.39. The maximum absolute atomic E-state index is 12.3. The smallest absolute Gasteiger partial charge is 0.303 e. The molecule has 1 unspecified atom stereocenters. The molecular formula is C22H25ClN2O3. The van der Waals surface area contributed by atoms with Crippen LogP contribution < -0.4 is 0 Å². The van der Waals surface area contributed by atoms with Gasteiger partial charge in [0.05, 0.1) is 6.04 Å². The summed E-state index contributed by atoms with van der Waals surface area (Å²) >= 11 is 6.07. The summed E-state index contributed by atoms with van der Waals surface area (Å²) in [6, 6.07) is 18.4. The Morgan fingerprint density at radius 3 is 2.11 bits per heavy atom. The minimum Gasteiger partial charge on any atom is -0.481 e. The van der Waals surface area contributed by atoms with Crippen molar-refractivity contribution < 1.29 is 14.7 Å². The van der Waals surface area contributed by atoms with Crippen LogP contribution >= 0.6 is 11.6 Å². The van der Waals surface area contributed by atoms with Crippen LogP contribution in [0.4, 0.5) is 0 Å². The first kappa shape index (κ1) is 20.4. The number of aliphatic carboxylic acids is 1. The lowest BCUT2D eigenvalue weighted by molar-refractivity contribution is -0.137. The summed E-state index contributed by atoms with van der Waals surface area (Å²) in [5, 5.41) is 9.44. The molecule has 0 aliphatic carbocycles. The number of halogens is 1. The summed E-state index contributed by atoms with van der Waals surface area (Å²) in [7, 11) is 0. The average Bonchev–Trinajstić information content (AvgIpc) is 2.71. The minimum absolute atomic E-state index is 0.0400. The van der Waals surface area contributed by atoms with Crippen molar-refractivity contribution >= 4 is 23.5 Å². The predicted molar refractivity (Wildman–Crippen MR) is 109 cm³/mol. The summed E-state index contributed by atoms with van der Waals surface area (Å²) in [6.45, 7) is 2.85. The molecule has 1 N–H and O–H groups in total. The van der Waals surface area contributed by atoms with Crippen LogP contribution in [0, 0.1) is 0 Å². The van der Waals surface area contributed by atoms with Crippen molar-refractivity contribution in [3.05, 3.63) is 70.7 Å². The van der Waals surface area contributed by atoms with Gasteiger partial charge in [-0.3, -0.25) is 14.5 Å². The Morgan fingerprint density at radius 1 is 0.893 bits per heavy atom. The Morgan fingerprint density at radius 2 is 1.50 bits per heavy atom. The molecule has 1 heterocycles. The molecular weight excluding hydrogens is 376 g/mol. The molecule has 6 heteroatoms. The lowest BCUT2D eigenvalue weighted by atomic mass is 9.96. The van der Waals surface area contributed by atoms with E-state index in [9.17, 15) is 9.59 Å². The molecule has 0 spiro atoms. The molecule has 1 aliphatic heterocycles. The monoisotopic (exact) mass is 400 g/mol. The quantitative estimate of drug-likeness (QED) is 0.767. The van der Waals surface area contributed by atoms with E-state index in [1.165, 1.54) is 11.1 Å². The summed E-state index contributed by atoms with van der Waals surface area (Å²) in [4.78, 5) is 27.2. The summed E-state index contributed by atoms with van der Waals surface area (Å²) in [5.74, 6) is -0.810. The van der Waals surface area contributed by atoms with Crippen molar-refractivity contribution in [2.75, 3.05) is 26.2 Å². The van der Waals surface area contributed by atoms with Crippen LogP contribution in [-0.4, -0.2) is 53.0 Å². The van der Waals surface area contributed by atoms with E-state index >= 15 is 0 Å². The SMILES string of the molecule is O=C(O)CCCC(=O)N1CCN(C(c2ccccc2)c2ccc(Cl)cc2)CC1. The largest absolute Gasteiger partial charge is 0.481 e. The maximum Gasteiger partial charge on any atom is 0.303 e. The molecule has 0 radical (unpaired) electrons. The van der Waals surface area contributed by atoms with Gasteiger partial charge in [-0.25, -0.2) is 0 Å². The first-order valence-corrected chi connectivity index (χ1v) is 9.96. The second-order valence-electron chi connectivity index (χ2n) is 7.03. The van der Waals surface area contributed by atoms with Crippen LogP contribution in [0.2, 0.25) is 5.02 Å². The van der Waals surface area contributed by atoms with E-state index in [0.717, 1.165) is 13.1 Å². The fourth-order valence-corrected chi connectivity index (χ4v) is 3.80. The zero-order chi connectivity index (χ0) is 19.9. The third kappa shape index (κ3) is 5.33. The normalized spacial score (nSPS) is 16.0. The van der Waals surface area contributed by atoms with E-state index < -0.39 is 5.97 Å². The van der Waals surface area contributed by atoms with Gasteiger partial charge in [0.15, 0.2) is 0 Å². The highest BCUT2D eigenvalue weighted by Gasteiger charge is 2.28. The van der Waals surface area contributed by atoms with Crippen LogP contribution in [0.1, 0.15) is 36.4 Å². The molecule has 2 aromatic carbocycles. The van der Waals surface area contributed by atoms with Gasteiger partial charge in [0, 0.05) is 44.0 Å². The number of rotatable bonds is 7. The van der Waals surface area contributed by atoms with Gasteiger partial charge in [-0.05, 0) is 29.7 Å². The minimum atomic E-state index is -0.855. The first-order valence-electron chi connectivity index (χ1n) is 9.58. The highest BCUT2D eigenvalue weighted by atomic mass is 35.5. The zero-order valence-electron chi connectivity index (χ0n) is 15.8. The van der Waals surface area contributed by atoms with Gasteiger partial charge in [-0.2, -0.15) is 0 Å². The molecule has 148 valence electrons. The zero-order valence-corrected chi connectivity index (χ0v) is 16.5. The van der Waals surface area contributed by atoms with E-state index in [2.05, 4.69) is 29.2 Å². The number of carbonyl (C=O) groups excluding carboxylic acids is 1. The number of carbonyl (C=O) groups is 2. The van der Waals surface area contributed by atoms with Crippen LogP contribution in [0.3, 0.4) is 0 Å². The lowest BCUT2D eigenvalue weighted by Gasteiger charge is -2.40. The van der Waals surface area contributed by atoms with Crippen molar-refractivity contribution in [2.24, 2.45) is 0 Å². The van der Waals surface area contributed by atoms with E-state index in [0.29, 0.717) is 31.0 Å². The molecule has 0 aromatic heterocycles. The van der Waals surface area contributed by atoms with Crippen molar-refractivity contribution in [1.29, 1.82) is 0 Å². The van der Waals surface area contributed by atoms with E-state index in [-0.39, 0.29) is 18.4 Å². The average molecular weight is 401 g/mol. The maximum atomic E-state index is 12.3. The number of carboxylic acid groups (broad SMARTS) is 1. The molecule has 1 aliphatic rings. The number of hydrogen-bond donors (Lipinski definition) is 1. The molecule has 0 bridgehead atoms. The molecule has 1 fully saturated rings. The van der Waals surface area contributed by atoms with Crippen molar-refractivity contribution in [1.82, 2.24) is 9.80 Å². The molecule has 1 atom stereocenters. The summed E-state index contributed by atoms with van der Waals surface area (Å²) < 4.78 is 0. The van der Waals surface area contributed by atoms with E-state index in [4.69, 9.17) is 16.7 Å². The van der Waals surface area contributed by atoms with Gasteiger partial charge in [0.1, 0.15) is 0 Å². The Hall–Kier alpha value is -2.37. The second kappa shape index (κ2) is 9.71. The van der Waals surface area contributed by atoms with Gasteiger partial charge in [0.2, 0.25) is 5.91 Å². The van der Waals surface area contributed by atoms with Crippen LogP contribution in [-0.2, 0) is 9.59 Å². The van der Waals surface area contributed by atoms with Crippen molar-refractivity contribution in [3.63, 3.8) is 0 Å². The highest BCUT2D eigenvalue weighted by molar-refractivity contribution is 6.30. The first-order chi connectivity index (χ1) is 13.5. The topological polar surface area (TPSA) is 60.9 Å². The Kier molecular flexibility index (Phi) is 7.06. The molecule has 1 saturated heterocycles. The molecule has 1 amide bonds. The third-order valence-electron chi connectivity index (χ3n) is 5.11. The Bertz CT molecular complexity index is 787. The third-order valence-corrected chi connectivity index (χ3v) is 5.37. The number of carboxylic acids is 1. The standard InChI is InChI=1S/C22H25ClN2O3/c23-19-11-9-18(10-12-19)22(17-5-2-1-3-6-17)25-15-13-24(14-16-25)20(26)7-4-8-21(27)28/h1-3,5-6,9-12,22H,4,7-8,13-16H2,(H,27,28). The van der Waals surface area contributed by atoms with E-state index in [1.807, 2.05) is 35.2 Å². The van der Waals surface area contributed by atoms with Gasteiger partial charge in [-0.15, -0.1) is 0 Å². The predicted octanol–water partition coefficient (Wildman–Crippen LogP) is 3.83. The van der Waals surface area contributed by atoms with Crippen LogP contribution in [0.15, 0.2) is 54.6 Å². The van der Waals surface area contributed by atoms with Crippen molar-refractivity contribution in [3.8, 4) is 0 Å². The van der Waals surface area contributed by atoms with Crippen LogP contribution in [0.5, 0.6) is 0 Å². The number of nitrogens with zero attached hydrogens (tertiary/aromatic N) is 2. The van der Waals surface area contributed by atoms with Crippen molar-refractivity contribution in [2.45, 2.75) is 25.3 Å². The number of benzene rings is 2.